The van der Waals surface area contributed by atoms with E-state index in [0.29, 0.717) is 12.5 Å². The van der Waals surface area contributed by atoms with Crippen molar-refractivity contribution in [3.63, 3.8) is 0 Å². The van der Waals surface area contributed by atoms with Crippen molar-refractivity contribution in [1.29, 1.82) is 0 Å². The molecule has 158 valence electrons. The smallest absolute Gasteiger partial charge is 0.322 e. The summed E-state index contributed by atoms with van der Waals surface area (Å²) in [5, 5.41) is 2.46. The zero-order valence-corrected chi connectivity index (χ0v) is 17.3. The van der Waals surface area contributed by atoms with E-state index in [-0.39, 0.29) is 29.8 Å². The monoisotopic (exact) mass is 426 g/mol. The first-order valence-electron chi connectivity index (χ1n) is 9.19. The standard InChI is InChI=1S/C20H24F2N2O4S/c1-4-14(3)24(20(25)23-19-11-8-16(21)12-18(19)22)13-15-6-9-17(10-7-15)28-29(26,27)5-2/h6-12,14H,4-5,13H2,1-3H3,(H,23,25). The third-order valence-electron chi connectivity index (χ3n) is 4.41. The van der Waals surface area contributed by atoms with Crippen molar-refractivity contribution in [1.82, 2.24) is 4.90 Å². The van der Waals surface area contributed by atoms with Gasteiger partial charge < -0.3 is 14.4 Å². The molecule has 0 fully saturated rings. The van der Waals surface area contributed by atoms with Crippen LogP contribution < -0.4 is 9.50 Å². The van der Waals surface area contributed by atoms with Crippen LogP contribution in [0.15, 0.2) is 42.5 Å². The van der Waals surface area contributed by atoms with Crippen molar-refractivity contribution in [3.05, 3.63) is 59.7 Å². The normalized spacial score (nSPS) is 12.3. The molecule has 0 aliphatic carbocycles. The fourth-order valence-corrected chi connectivity index (χ4v) is 3.00. The molecule has 0 bridgehead atoms. The highest BCUT2D eigenvalue weighted by Crippen LogP contribution is 2.20. The fraction of sp³-hybridized carbons (Fsp3) is 0.350. The summed E-state index contributed by atoms with van der Waals surface area (Å²) in [6, 6.07) is 8.57. The van der Waals surface area contributed by atoms with E-state index in [2.05, 4.69) is 5.32 Å². The van der Waals surface area contributed by atoms with Gasteiger partial charge in [-0.05, 0) is 50.1 Å². The van der Waals surface area contributed by atoms with E-state index in [9.17, 15) is 22.0 Å². The number of amides is 2. The van der Waals surface area contributed by atoms with Gasteiger partial charge in [0.2, 0.25) is 0 Å². The molecule has 0 saturated carbocycles. The average molecular weight is 426 g/mol. The zero-order chi connectivity index (χ0) is 21.6. The van der Waals surface area contributed by atoms with Crippen molar-refractivity contribution < 1.29 is 26.2 Å². The molecule has 2 aromatic carbocycles. The van der Waals surface area contributed by atoms with Gasteiger partial charge >= 0.3 is 16.1 Å². The molecule has 1 N–H and O–H groups in total. The summed E-state index contributed by atoms with van der Waals surface area (Å²) in [7, 11) is -3.62. The van der Waals surface area contributed by atoms with Gasteiger partial charge in [-0.3, -0.25) is 0 Å². The highest BCUT2D eigenvalue weighted by Gasteiger charge is 2.21. The second-order valence-electron chi connectivity index (χ2n) is 6.51. The van der Waals surface area contributed by atoms with E-state index >= 15 is 0 Å². The summed E-state index contributed by atoms with van der Waals surface area (Å²) < 4.78 is 54.9. The van der Waals surface area contributed by atoms with Crippen LogP contribution in [0, 0.1) is 11.6 Å². The van der Waals surface area contributed by atoms with Gasteiger partial charge in [-0.15, -0.1) is 0 Å². The average Bonchev–Trinajstić information content (AvgIpc) is 2.68. The summed E-state index contributed by atoms with van der Waals surface area (Å²) in [6.07, 6.45) is 0.662. The minimum atomic E-state index is -3.62. The molecular formula is C20H24F2N2O4S. The lowest BCUT2D eigenvalue weighted by atomic mass is 10.1. The highest BCUT2D eigenvalue weighted by atomic mass is 32.2. The SMILES string of the molecule is CCC(C)N(Cc1ccc(OS(=O)(=O)CC)cc1)C(=O)Nc1ccc(F)cc1F. The van der Waals surface area contributed by atoms with Gasteiger partial charge in [0.1, 0.15) is 17.4 Å². The maximum Gasteiger partial charge on any atom is 0.322 e. The second-order valence-corrected chi connectivity index (χ2v) is 8.37. The molecule has 0 aromatic heterocycles. The molecule has 1 atom stereocenters. The van der Waals surface area contributed by atoms with Crippen LogP contribution in [0.2, 0.25) is 0 Å². The van der Waals surface area contributed by atoms with Gasteiger partial charge in [-0.2, -0.15) is 8.42 Å². The summed E-state index contributed by atoms with van der Waals surface area (Å²) in [4.78, 5) is 14.2. The molecule has 0 spiro atoms. The van der Waals surface area contributed by atoms with Crippen LogP contribution >= 0.6 is 0 Å². The van der Waals surface area contributed by atoms with E-state index < -0.39 is 27.8 Å². The van der Waals surface area contributed by atoms with Crippen LogP contribution in [0.4, 0.5) is 19.3 Å². The number of carbonyl (C=O) groups excluding carboxylic acids is 1. The van der Waals surface area contributed by atoms with E-state index in [4.69, 9.17) is 4.18 Å². The topological polar surface area (TPSA) is 75.7 Å². The number of nitrogens with one attached hydrogen (secondary N) is 1. The van der Waals surface area contributed by atoms with Crippen molar-refractivity contribution in [2.45, 2.75) is 39.8 Å². The van der Waals surface area contributed by atoms with Crippen molar-refractivity contribution in [2.24, 2.45) is 0 Å². The molecule has 1 unspecified atom stereocenters. The number of hydrogen-bond donors (Lipinski definition) is 1. The quantitative estimate of drug-likeness (QED) is 0.630. The van der Waals surface area contributed by atoms with E-state index in [1.54, 1.807) is 12.1 Å². The number of carbonyl (C=O) groups is 1. The molecule has 0 heterocycles. The third kappa shape index (κ3) is 6.42. The van der Waals surface area contributed by atoms with Crippen LogP contribution in [-0.4, -0.2) is 31.1 Å². The van der Waals surface area contributed by atoms with Crippen LogP contribution in [0.25, 0.3) is 0 Å². The first-order chi connectivity index (χ1) is 13.6. The van der Waals surface area contributed by atoms with Gasteiger partial charge in [0.05, 0.1) is 11.4 Å². The molecule has 29 heavy (non-hydrogen) atoms. The Morgan fingerprint density at radius 3 is 2.34 bits per heavy atom. The van der Waals surface area contributed by atoms with Gasteiger partial charge in [0, 0.05) is 18.7 Å². The van der Waals surface area contributed by atoms with Gasteiger partial charge in [-0.1, -0.05) is 19.1 Å². The Balaban J connectivity index is 2.15. The second kappa shape index (κ2) is 9.69. The molecule has 0 aliphatic heterocycles. The number of benzene rings is 2. The van der Waals surface area contributed by atoms with Gasteiger partial charge in [0.25, 0.3) is 0 Å². The van der Waals surface area contributed by atoms with E-state index in [1.807, 2.05) is 13.8 Å². The number of urea groups is 1. The molecule has 2 amide bonds. The molecule has 0 aliphatic rings. The van der Waals surface area contributed by atoms with Crippen LogP contribution in [0.3, 0.4) is 0 Å². The maximum absolute atomic E-state index is 13.9. The Morgan fingerprint density at radius 1 is 1.14 bits per heavy atom. The lowest BCUT2D eigenvalue weighted by molar-refractivity contribution is 0.187. The molecule has 2 rings (SSSR count). The van der Waals surface area contributed by atoms with Crippen LogP contribution in [-0.2, 0) is 16.7 Å². The number of halogens is 2. The predicted octanol–water partition coefficient (Wildman–Crippen LogP) is 4.53. The van der Waals surface area contributed by atoms with Crippen molar-refractivity contribution in [3.8, 4) is 5.75 Å². The Labute approximate surface area is 169 Å². The summed E-state index contributed by atoms with van der Waals surface area (Å²) in [5.41, 5.74) is 0.625. The molecule has 2 aromatic rings. The minimum Gasteiger partial charge on any atom is -0.382 e. The Morgan fingerprint density at radius 2 is 1.79 bits per heavy atom. The molecular weight excluding hydrogens is 402 g/mol. The largest absolute Gasteiger partial charge is 0.382 e. The number of anilines is 1. The Bertz CT molecular complexity index is 949. The first kappa shape index (κ1) is 22.6. The summed E-state index contributed by atoms with van der Waals surface area (Å²) in [6.45, 7) is 5.46. The van der Waals surface area contributed by atoms with Gasteiger partial charge in [-0.25, -0.2) is 13.6 Å². The van der Waals surface area contributed by atoms with E-state index in [1.165, 1.54) is 24.0 Å². The number of hydrogen-bond acceptors (Lipinski definition) is 4. The van der Waals surface area contributed by atoms with Crippen LogP contribution in [0.5, 0.6) is 5.75 Å². The zero-order valence-electron chi connectivity index (χ0n) is 16.5. The number of rotatable bonds is 8. The summed E-state index contributed by atoms with van der Waals surface area (Å²) in [5.74, 6) is -1.55. The summed E-state index contributed by atoms with van der Waals surface area (Å²) >= 11 is 0. The molecule has 6 nitrogen and oxygen atoms in total. The van der Waals surface area contributed by atoms with Crippen LogP contribution in [0.1, 0.15) is 32.8 Å². The third-order valence-corrected chi connectivity index (χ3v) is 5.56. The number of nitrogens with zero attached hydrogens (tertiary/aromatic N) is 1. The predicted molar refractivity (Wildman–Crippen MR) is 107 cm³/mol. The minimum absolute atomic E-state index is 0.113. The lowest BCUT2D eigenvalue weighted by Crippen LogP contribution is -2.40. The fourth-order valence-electron chi connectivity index (χ4n) is 2.48. The van der Waals surface area contributed by atoms with Crippen molar-refractivity contribution >= 4 is 21.8 Å². The molecule has 0 radical (unpaired) electrons. The molecule has 9 heteroatoms. The lowest BCUT2D eigenvalue weighted by Gasteiger charge is -2.29. The maximum atomic E-state index is 13.9. The molecule has 0 saturated heterocycles. The highest BCUT2D eigenvalue weighted by molar-refractivity contribution is 7.87. The Kier molecular flexibility index (Phi) is 7.55. The Hall–Kier alpha value is -2.68. The van der Waals surface area contributed by atoms with E-state index in [0.717, 1.165) is 17.7 Å². The van der Waals surface area contributed by atoms with Crippen molar-refractivity contribution in [2.75, 3.05) is 11.1 Å². The first-order valence-corrected chi connectivity index (χ1v) is 10.8. The van der Waals surface area contributed by atoms with Gasteiger partial charge in [0.15, 0.2) is 0 Å².